The molecule has 12 nitrogen and oxygen atoms in total. The maximum absolute atomic E-state index is 13.4. The van der Waals surface area contributed by atoms with Gasteiger partial charge in [-0.25, -0.2) is 19.7 Å². The molecule has 1 N–H and O–H groups in total. The lowest BCUT2D eigenvalue weighted by atomic mass is 9.83. The lowest BCUT2D eigenvalue weighted by molar-refractivity contribution is 0.0145. The standard InChI is InChI=1S/C32H39N7O5/c1-31(2,3)44-30(40)39-20-32(4,21-43-16-13-38-11-14-42-15-12-38)24-18-22(17-23(19-33)27(24)39)25-8-10-35-29(36-25)37-26-7-6-9-34-28(26)41-5/h6-10,17-18H,11-16,20-21H2,1-5H3,(H,35,36,37). The Morgan fingerprint density at radius 3 is 2.70 bits per heavy atom. The van der Waals surface area contributed by atoms with Crippen molar-refractivity contribution in [3.05, 3.63) is 53.9 Å². The molecule has 4 heterocycles. The van der Waals surface area contributed by atoms with Gasteiger partial charge in [0.05, 0.1) is 50.5 Å². The number of carbonyl (C=O) groups excluding carboxylic acids is 1. The first-order valence-corrected chi connectivity index (χ1v) is 14.7. The summed E-state index contributed by atoms with van der Waals surface area (Å²) in [7, 11) is 1.54. The third kappa shape index (κ3) is 7.07. The third-order valence-electron chi connectivity index (χ3n) is 7.51. The van der Waals surface area contributed by atoms with Crippen molar-refractivity contribution in [3.8, 4) is 23.2 Å². The van der Waals surface area contributed by atoms with Crippen LogP contribution in [-0.4, -0.2) is 91.3 Å². The fraction of sp³-hybridized carbons (Fsp3) is 0.469. The number of hydrogen-bond acceptors (Lipinski definition) is 11. The number of fused-ring (bicyclic) bond motifs is 1. The lowest BCUT2D eigenvalue weighted by Gasteiger charge is -2.29. The van der Waals surface area contributed by atoms with E-state index in [1.54, 1.807) is 42.6 Å². The number of nitriles is 1. The van der Waals surface area contributed by atoms with Crippen LogP contribution in [0.25, 0.3) is 11.3 Å². The largest absolute Gasteiger partial charge is 0.480 e. The first kappa shape index (κ1) is 31.1. The normalized spacial score (nSPS) is 18.4. The molecule has 0 saturated carbocycles. The zero-order valence-electron chi connectivity index (χ0n) is 25.9. The van der Waals surface area contributed by atoms with Crippen molar-refractivity contribution >= 4 is 23.4 Å². The molecule has 3 aromatic rings. The van der Waals surface area contributed by atoms with Gasteiger partial charge in [-0.1, -0.05) is 6.92 Å². The molecule has 0 bridgehead atoms. The molecule has 1 atom stereocenters. The highest BCUT2D eigenvalue weighted by atomic mass is 16.6. The molecule has 0 radical (unpaired) electrons. The van der Waals surface area contributed by atoms with E-state index < -0.39 is 17.1 Å². The number of aromatic nitrogens is 3. The number of ether oxygens (including phenoxy) is 4. The van der Waals surface area contributed by atoms with E-state index in [1.165, 1.54) is 0 Å². The molecule has 5 rings (SSSR count). The molecule has 1 saturated heterocycles. The third-order valence-corrected chi connectivity index (χ3v) is 7.51. The monoisotopic (exact) mass is 601 g/mol. The number of hydrogen-bond donors (Lipinski definition) is 1. The first-order valence-electron chi connectivity index (χ1n) is 14.7. The van der Waals surface area contributed by atoms with Crippen LogP contribution in [0, 0.1) is 11.3 Å². The van der Waals surface area contributed by atoms with Crippen molar-refractivity contribution in [2.75, 3.05) is 69.9 Å². The fourth-order valence-corrected chi connectivity index (χ4v) is 5.39. The van der Waals surface area contributed by atoms with Gasteiger partial charge in [-0.3, -0.25) is 9.80 Å². The zero-order chi connectivity index (χ0) is 31.3. The minimum absolute atomic E-state index is 0.310. The van der Waals surface area contributed by atoms with Gasteiger partial charge in [-0.2, -0.15) is 5.26 Å². The molecule has 1 unspecified atom stereocenters. The van der Waals surface area contributed by atoms with E-state index in [0.29, 0.717) is 54.2 Å². The van der Waals surface area contributed by atoms with Gasteiger partial charge >= 0.3 is 6.09 Å². The van der Waals surface area contributed by atoms with E-state index in [-0.39, 0.29) is 0 Å². The van der Waals surface area contributed by atoms with Crippen molar-refractivity contribution in [2.24, 2.45) is 0 Å². The van der Waals surface area contributed by atoms with Gasteiger partial charge in [0, 0.05) is 49.6 Å². The topological polar surface area (TPSA) is 135 Å². The van der Waals surface area contributed by atoms with Crippen LogP contribution in [0.2, 0.25) is 0 Å². The number of methoxy groups -OCH3 is 1. The van der Waals surface area contributed by atoms with Crippen LogP contribution in [0.15, 0.2) is 42.7 Å². The minimum Gasteiger partial charge on any atom is -0.480 e. The van der Waals surface area contributed by atoms with Crippen molar-refractivity contribution < 1.29 is 23.7 Å². The van der Waals surface area contributed by atoms with Crippen LogP contribution in [0.5, 0.6) is 5.88 Å². The fourth-order valence-electron chi connectivity index (χ4n) is 5.39. The Balaban J connectivity index is 1.47. The predicted molar refractivity (Wildman–Crippen MR) is 165 cm³/mol. The maximum Gasteiger partial charge on any atom is 0.414 e. The second-order valence-corrected chi connectivity index (χ2v) is 12.1. The van der Waals surface area contributed by atoms with Crippen molar-refractivity contribution in [2.45, 2.75) is 38.7 Å². The zero-order valence-corrected chi connectivity index (χ0v) is 25.9. The van der Waals surface area contributed by atoms with Crippen molar-refractivity contribution in [1.82, 2.24) is 19.9 Å². The smallest absolute Gasteiger partial charge is 0.414 e. The summed E-state index contributed by atoms with van der Waals surface area (Å²) in [6.07, 6.45) is 2.78. The van der Waals surface area contributed by atoms with Gasteiger partial charge in [0.1, 0.15) is 17.4 Å². The Bertz CT molecular complexity index is 1530. The summed E-state index contributed by atoms with van der Waals surface area (Å²) in [5.74, 6) is 0.759. The predicted octanol–water partition coefficient (Wildman–Crippen LogP) is 4.52. The summed E-state index contributed by atoms with van der Waals surface area (Å²) >= 11 is 0. The van der Waals surface area contributed by atoms with Gasteiger partial charge < -0.3 is 24.3 Å². The molecule has 12 heteroatoms. The van der Waals surface area contributed by atoms with Crippen LogP contribution in [0.4, 0.5) is 22.1 Å². The Morgan fingerprint density at radius 2 is 1.98 bits per heavy atom. The number of nitrogens with one attached hydrogen (secondary N) is 1. The van der Waals surface area contributed by atoms with Gasteiger partial charge in [0.2, 0.25) is 11.8 Å². The van der Waals surface area contributed by atoms with Crippen LogP contribution in [0.3, 0.4) is 0 Å². The molecule has 2 aliphatic heterocycles. The number of pyridine rings is 1. The molecular weight excluding hydrogens is 562 g/mol. The van der Waals surface area contributed by atoms with Crippen LogP contribution >= 0.6 is 0 Å². The number of anilines is 3. The quantitative estimate of drug-likeness (QED) is 0.347. The molecule has 1 aromatic carbocycles. The van der Waals surface area contributed by atoms with Crippen LogP contribution < -0.4 is 15.0 Å². The molecule has 0 spiro atoms. The minimum atomic E-state index is -0.695. The summed E-state index contributed by atoms with van der Waals surface area (Å²) in [4.78, 5) is 30.6. The van der Waals surface area contributed by atoms with Crippen molar-refractivity contribution in [3.63, 3.8) is 0 Å². The summed E-state index contributed by atoms with van der Waals surface area (Å²) in [5, 5.41) is 13.5. The summed E-state index contributed by atoms with van der Waals surface area (Å²) in [5.41, 5.74) is 2.36. The average molecular weight is 602 g/mol. The van der Waals surface area contributed by atoms with E-state index in [4.69, 9.17) is 23.9 Å². The number of morpholine rings is 1. The molecule has 232 valence electrons. The maximum atomic E-state index is 13.4. The Morgan fingerprint density at radius 1 is 1.18 bits per heavy atom. The number of carbonyl (C=O) groups is 1. The number of benzene rings is 1. The van der Waals surface area contributed by atoms with E-state index in [2.05, 4.69) is 33.2 Å². The Labute approximate surface area is 257 Å². The van der Waals surface area contributed by atoms with Gasteiger partial charge in [-0.15, -0.1) is 0 Å². The van der Waals surface area contributed by atoms with Crippen LogP contribution in [0.1, 0.15) is 38.8 Å². The lowest BCUT2D eigenvalue weighted by Crippen LogP contribution is -2.42. The highest BCUT2D eigenvalue weighted by Crippen LogP contribution is 2.45. The molecule has 0 aliphatic carbocycles. The van der Waals surface area contributed by atoms with Crippen molar-refractivity contribution in [1.29, 1.82) is 5.26 Å². The van der Waals surface area contributed by atoms with Gasteiger partial charge in [0.15, 0.2) is 0 Å². The van der Waals surface area contributed by atoms with E-state index >= 15 is 0 Å². The molecule has 2 aromatic heterocycles. The molecule has 44 heavy (non-hydrogen) atoms. The summed E-state index contributed by atoms with van der Waals surface area (Å²) < 4.78 is 22.8. The van der Waals surface area contributed by atoms with E-state index in [9.17, 15) is 10.1 Å². The van der Waals surface area contributed by atoms with E-state index in [1.807, 2.05) is 32.9 Å². The molecular formula is C32H39N7O5. The molecule has 1 fully saturated rings. The molecule has 1 amide bonds. The second kappa shape index (κ2) is 13.1. The average Bonchev–Trinajstić information content (AvgIpc) is 3.32. The summed E-state index contributed by atoms with van der Waals surface area (Å²) in [6, 6.07) is 11.4. The van der Waals surface area contributed by atoms with Gasteiger partial charge in [-0.05, 0) is 56.7 Å². The highest BCUT2D eigenvalue weighted by molar-refractivity contribution is 5.95. The summed E-state index contributed by atoms with van der Waals surface area (Å²) in [6.45, 7) is 12.8. The second-order valence-electron chi connectivity index (χ2n) is 12.1. The number of rotatable bonds is 9. The number of nitrogens with zero attached hydrogens (tertiary/aromatic N) is 6. The highest BCUT2D eigenvalue weighted by Gasteiger charge is 2.45. The molecule has 2 aliphatic rings. The first-order chi connectivity index (χ1) is 21.1. The number of amides is 1. The van der Waals surface area contributed by atoms with Crippen LogP contribution in [-0.2, 0) is 19.6 Å². The van der Waals surface area contributed by atoms with Gasteiger partial charge in [0.25, 0.3) is 0 Å². The Kier molecular flexibility index (Phi) is 9.29. The van der Waals surface area contributed by atoms with E-state index in [0.717, 1.165) is 44.0 Å². The SMILES string of the molecule is COc1ncccc1Nc1nccc(-c2cc(C#N)c3c(c2)C(C)(COCCN2CCOCC2)CN3C(=O)OC(C)(C)C)n1. The Hall–Kier alpha value is -4.31.